The van der Waals surface area contributed by atoms with Crippen molar-refractivity contribution in [3.8, 4) is 0 Å². The van der Waals surface area contributed by atoms with Crippen molar-refractivity contribution in [3.63, 3.8) is 0 Å². The average molecular weight is 198 g/mol. The standard InChI is InChI=1S/C12H26N2/c1-2-3-4-5-6-10-7-8-11(13)12(14)9-10/h10-12H,2-9,13-14H2,1H3. The van der Waals surface area contributed by atoms with Crippen molar-refractivity contribution in [3.05, 3.63) is 0 Å². The predicted octanol–water partition coefficient (Wildman–Crippen LogP) is 2.41. The molecule has 1 fully saturated rings. The van der Waals surface area contributed by atoms with Crippen molar-refractivity contribution in [1.29, 1.82) is 0 Å². The van der Waals surface area contributed by atoms with Gasteiger partial charge in [-0.15, -0.1) is 0 Å². The maximum absolute atomic E-state index is 5.97. The van der Waals surface area contributed by atoms with Crippen LogP contribution in [-0.2, 0) is 0 Å². The molecule has 1 aliphatic rings. The van der Waals surface area contributed by atoms with Crippen molar-refractivity contribution in [2.45, 2.75) is 70.4 Å². The zero-order chi connectivity index (χ0) is 10.4. The van der Waals surface area contributed by atoms with Crippen LogP contribution in [0.25, 0.3) is 0 Å². The Morgan fingerprint density at radius 3 is 2.43 bits per heavy atom. The molecule has 4 N–H and O–H groups in total. The zero-order valence-corrected chi connectivity index (χ0v) is 9.54. The van der Waals surface area contributed by atoms with Crippen LogP contribution in [0.1, 0.15) is 58.3 Å². The third-order valence-corrected chi connectivity index (χ3v) is 3.53. The molecule has 0 radical (unpaired) electrons. The molecule has 0 aliphatic heterocycles. The number of hydrogen-bond donors (Lipinski definition) is 2. The lowest BCUT2D eigenvalue weighted by molar-refractivity contribution is 0.271. The fourth-order valence-corrected chi connectivity index (χ4v) is 2.44. The van der Waals surface area contributed by atoms with Gasteiger partial charge in [0.15, 0.2) is 0 Å². The van der Waals surface area contributed by atoms with E-state index in [1.165, 1.54) is 38.5 Å². The molecule has 0 spiro atoms. The molecule has 0 heterocycles. The largest absolute Gasteiger partial charge is 0.326 e. The summed E-state index contributed by atoms with van der Waals surface area (Å²) in [5, 5.41) is 0. The summed E-state index contributed by atoms with van der Waals surface area (Å²) in [5.41, 5.74) is 11.9. The van der Waals surface area contributed by atoms with E-state index in [9.17, 15) is 0 Å². The van der Waals surface area contributed by atoms with Gasteiger partial charge in [0, 0.05) is 12.1 Å². The Bertz CT molecular complexity index is 147. The van der Waals surface area contributed by atoms with Crippen LogP contribution >= 0.6 is 0 Å². The minimum absolute atomic E-state index is 0.264. The van der Waals surface area contributed by atoms with E-state index in [0.717, 1.165) is 18.8 Å². The second kappa shape index (κ2) is 6.41. The molecule has 1 rings (SSSR count). The summed E-state index contributed by atoms with van der Waals surface area (Å²) in [7, 11) is 0. The smallest absolute Gasteiger partial charge is 0.0194 e. The second-order valence-corrected chi connectivity index (χ2v) is 4.86. The van der Waals surface area contributed by atoms with E-state index in [2.05, 4.69) is 6.92 Å². The lowest BCUT2D eigenvalue weighted by Crippen LogP contribution is -2.45. The van der Waals surface area contributed by atoms with Crippen molar-refractivity contribution < 1.29 is 0 Å². The molecule has 0 saturated heterocycles. The molecular formula is C12H26N2. The highest BCUT2D eigenvalue weighted by Crippen LogP contribution is 2.27. The van der Waals surface area contributed by atoms with E-state index in [4.69, 9.17) is 11.5 Å². The van der Waals surface area contributed by atoms with Gasteiger partial charge < -0.3 is 11.5 Å². The molecule has 0 aromatic heterocycles. The van der Waals surface area contributed by atoms with E-state index in [0.29, 0.717) is 0 Å². The highest BCUT2D eigenvalue weighted by atomic mass is 14.8. The molecule has 14 heavy (non-hydrogen) atoms. The maximum Gasteiger partial charge on any atom is 0.0194 e. The highest BCUT2D eigenvalue weighted by Gasteiger charge is 2.24. The molecule has 0 amide bonds. The molecule has 3 unspecified atom stereocenters. The first kappa shape index (κ1) is 12.0. The molecule has 2 heteroatoms. The molecule has 3 atom stereocenters. The number of rotatable bonds is 5. The van der Waals surface area contributed by atoms with Crippen LogP contribution in [-0.4, -0.2) is 12.1 Å². The monoisotopic (exact) mass is 198 g/mol. The van der Waals surface area contributed by atoms with Crippen LogP contribution in [0, 0.1) is 5.92 Å². The topological polar surface area (TPSA) is 52.0 Å². The van der Waals surface area contributed by atoms with Crippen LogP contribution < -0.4 is 11.5 Å². The zero-order valence-electron chi connectivity index (χ0n) is 9.54. The quantitative estimate of drug-likeness (QED) is 0.667. The third-order valence-electron chi connectivity index (χ3n) is 3.53. The van der Waals surface area contributed by atoms with Gasteiger partial charge in [-0.2, -0.15) is 0 Å². The lowest BCUT2D eigenvalue weighted by atomic mass is 9.80. The summed E-state index contributed by atoms with van der Waals surface area (Å²) in [6, 6.07) is 0.529. The maximum atomic E-state index is 5.97. The summed E-state index contributed by atoms with van der Waals surface area (Å²) in [5.74, 6) is 0.863. The summed E-state index contributed by atoms with van der Waals surface area (Å²) >= 11 is 0. The summed E-state index contributed by atoms with van der Waals surface area (Å²) in [6.07, 6.45) is 10.5. The summed E-state index contributed by atoms with van der Waals surface area (Å²) < 4.78 is 0. The number of unbranched alkanes of at least 4 members (excludes halogenated alkanes) is 3. The molecule has 1 aliphatic carbocycles. The van der Waals surface area contributed by atoms with Crippen LogP contribution in [0.5, 0.6) is 0 Å². The first-order valence-electron chi connectivity index (χ1n) is 6.25. The van der Waals surface area contributed by atoms with Gasteiger partial charge in [0.2, 0.25) is 0 Å². The molecule has 0 bridgehead atoms. The number of hydrogen-bond acceptors (Lipinski definition) is 2. The summed E-state index contributed by atoms with van der Waals surface area (Å²) in [4.78, 5) is 0. The molecule has 0 aromatic carbocycles. The molecule has 2 nitrogen and oxygen atoms in total. The first-order valence-corrected chi connectivity index (χ1v) is 6.25. The Morgan fingerprint density at radius 1 is 1.00 bits per heavy atom. The van der Waals surface area contributed by atoms with E-state index in [1.807, 2.05) is 0 Å². The van der Waals surface area contributed by atoms with Gasteiger partial charge in [-0.3, -0.25) is 0 Å². The SMILES string of the molecule is CCCCCCC1CCC(N)C(N)C1. The Balaban J connectivity index is 2.07. The van der Waals surface area contributed by atoms with Gasteiger partial charge in [-0.05, 0) is 25.2 Å². The van der Waals surface area contributed by atoms with E-state index < -0.39 is 0 Å². The fourth-order valence-electron chi connectivity index (χ4n) is 2.44. The Morgan fingerprint density at radius 2 is 1.79 bits per heavy atom. The molecule has 1 saturated carbocycles. The minimum Gasteiger partial charge on any atom is -0.326 e. The molecular weight excluding hydrogens is 172 g/mol. The summed E-state index contributed by atoms with van der Waals surface area (Å²) in [6.45, 7) is 2.26. The third kappa shape index (κ3) is 3.97. The van der Waals surface area contributed by atoms with Gasteiger partial charge in [0.05, 0.1) is 0 Å². The van der Waals surface area contributed by atoms with Crippen LogP contribution in [0.4, 0.5) is 0 Å². The van der Waals surface area contributed by atoms with Gasteiger partial charge >= 0.3 is 0 Å². The Labute approximate surface area is 88.4 Å². The van der Waals surface area contributed by atoms with Crippen molar-refractivity contribution in [1.82, 2.24) is 0 Å². The fraction of sp³-hybridized carbons (Fsp3) is 1.00. The van der Waals surface area contributed by atoms with Crippen LogP contribution in [0.2, 0.25) is 0 Å². The van der Waals surface area contributed by atoms with Crippen LogP contribution in [0.15, 0.2) is 0 Å². The molecule has 0 aromatic rings. The predicted molar refractivity (Wildman–Crippen MR) is 62.1 cm³/mol. The van der Waals surface area contributed by atoms with Gasteiger partial charge in [0.1, 0.15) is 0 Å². The second-order valence-electron chi connectivity index (χ2n) is 4.86. The molecule has 84 valence electrons. The average Bonchev–Trinajstić information content (AvgIpc) is 2.18. The van der Waals surface area contributed by atoms with Gasteiger partial charge in [-0.1, -0.05) is 39.0 Å². The van der Waals surface area contributed by atoms with Crippen LogP contribution in [0.3, 0.4) is 0 Å². The van der Waals surface area contributed by atoms with Gasteiger partial charge in [-0.25, -0.2) is 0 Å². The van der Waals surface area contributed by atoms with E-state index >= 15 is 0 Å². The Hall–Kier alpha value is -0.0800. The minimum atomic E-state index is 0.264. The van der Waals surface area contributed by atoms with Gasteiger partial charge in [0.25, 0.3) is 0 Å². The highest BCUT2D eigenvalue weighted by molar-refractivity contribution is 4.84. The van der Waals surface area contributed by atoms with E-state index in [1.54, 1.807) is 0 Å². The first-order chi connectivity index (χ1) is 6.74. The van der Waals surface area contributed by atoms with Crippen molar-refractivity contribution in [2.75, 3.05) is 0 Å². The van der Waals surface area contributed by atoms with E-state index in [-0.39, 0.29) is 12.1 Å². The van der Waals surface area contributed by atoms with Crippen molar-refractivity contribution >= 4 is 0 Å². The lowest BCUT2D eigenvalue weighted by Gasteiger charge is -2.31. The normalized spacial score (nSPS) is 33.2. The van der Waals surface area contributed by atoms with Crippen molar-refractivity contribution in [2.24, 2.45) is 17.4 Å². The number of nitrogens with two attached hydrogens (primary N) is 2. The Kier molecular flexibility index (Phi) is 5.49.